The second-order valence-electron chi connectivity index (χ2n) is 10.3. The highest BCUT2D eigenvalue weighted by Gasteiger charge is 2.59. The molecular weight excluding hydrogens is 496 g/mol. The fourth-order valence-electron chi connectivity index (χ4n) is 5.19. The summed E-state index contributed by atoms with van der Waals surface area (Å²) in [4.78, 5) is 27.8. The van der Waals surface area contributed by atoms with Gasteiger partial charge in [0.1, 0.15) is 5.75 Å². The van der Waals surface area contributed by atoms with Crippen LogP contribution in [0, 0.1) is 0 Å². The first-order chi connectivity index (χ1) is 18.2. The van der Waals surface area contributed by atoms with Gasteiger partial charge >= 0.3 is 12.1 Å². The van der Waals surface area contributed by atoms with Gasteiger partial charge in [-0.25, -0.2) is 18.4 Å². The van der Waals surface area contributed by atoms with E-state index < -0.39 is 24.0 Å². The molecule has 3 heterocycles. The Bertz CT molecular complexity index is 1170. The van der Waals surface area contributed by atoms with E-state index in [-0.39, 0.29) is 38.1 Å². The molecule has 38 heavy (non-hydrogen) atoms. The Kier molecular flexibility index (Phi) is 7.17. The lowest BCUT2D eigenvalue weighted by Crippen LogP contribution is -2.62. The maximum atomic E-state index is 15.5. The fourth-order valence-corrected chi connectivity index (χ4v) is 5.19. The molecule has 2 aromatic carbocycles. The van der Waals surface area contributed by atoms with Crippen molar-refractivity contribution in [2.45, 2.75) is 50.7 Å². The minimum absolute atomic E-state index is 0.0338. The molecule has 0 radical (unpaired) electrons. The quantitative estimate of drug-likeness (QED) is 0.594. The van der Waals surface area contributed by atoms with Gasteiger partial charge in [0.15, 0.2) is 5.60 Å². The normalized spacial score (nSPS) is 20.0. The first-order valence-corrected chi connectivity index (χ1v) is 13.1. The van der Waals surface area contributed by atoms with Gasteiger partial charge in [0.25, 0.3) is 5.92 Å². The zero-order valence-corrected chi connectivity index (χ0v) is 21.7. The number of alkyl halides is 2. The average Bonchev–Trinajstić information content (AvgIpc) is 2.90. The van der Waals surface area contributed by atoms with Gasteiger partial charge in [0.05, 0.1) is 19.3 Å². The lowest BCUT2D eigenvalue weighted by Gasteiger charge is -2.48. The Morgan fingerprint density at radius 1 is 0.947 bits per heavy atom. The zero-order valence-electron chi connectivity index (χ0n) is 21.7. The number of likely N-dealkylation sites (tertiary alicyclic amines) is 1. The number of urea groups is 1. The molecule has 0 atom stereocenters. The van der Waals surface area contributed by atoms with Gasteiger partial charge < -0.3 is 29.3 Å². The van der Waals surface area contributed by atoms with Crippen LogP contribution in [-0.4, -0.2) is 78.9 Å². The number of ether oxygens (including phenoxy) is 3. The van der Waals surface area contributed by atoms with E-state index in [1.165, 1.54) is 4.90 Å². The Balaban J connectivity index is 1.26. The summed E-state index contributed by atoms with van der Waals surface area (Å²) in [7, 11) is 0. The van der Waals surface area contributed by atoms with E-state index in [1.54, 1.807) is 43.0 Å². The number of fused-ring (bicyclic) bond motifs is 1. The number of nitrogens with zero attached hydrogens (tertiary/aromatic N) is 2. The van der Waals surface area contributed by atoms with Crippen LogP contribution in [0.5, 0.6) is 5.75 Å². The molecule has 0 unspecified atom stereocenters. The van der Waals surface area contributed by atoms with Gasteiger partial charge in [-0.2, -0.15) is 0 Å². The van der Waals surface area contributed by atoms with Crippen LogP contribution in [0.15, 0.2) is 42.5 Å². The van der Waals surface area contributed by atoms with E-state index in [9.17, 15) is 9.59 Å². The monoisotopic (exact) mass is 529 g/mol. The van der Waals surface area contributed by atoms with E-state index in [0.29, 0.717) is 43.3 Å². The van der Waals surface area contributed by atoms with Gasteiger partial charge in [-0.1, -0.05) is 18.2 Å². The average molecular weight is 530 g/mol. The van der Waals surface area contributed by atoms with Gasteiger partial charge in [-0.15, -0.1) is 0 Å². The van der Waals surface area contributed by atoms with Crippen LogP contribution in [-0.2, 0) is 15.9 Å². The number of nitrogens with one attached hydrogen (secondary N) is 1. The Labute approximate surface area is 220 Å². The molecule has 3 aliphatic rings. The van der Waals surface area contributed by atoms with Crippen LogP contribution in [0.25, 0.3) is 11.1 Å². The van der Waals surface area contributed by atoms with Crippen LogP contribution in [0.4, 0.5) is 24.1 Å². The molecule has 10 heteroatoms. The number of halogens is 2. The summed E-state index contributed by atoms with van der Waals surface area (Å²) < 4.78 is 47.5. The van der Waals surface area contributed by atoms with Crippen LogP contribution in [0.2, 0.25) is 0 Å². The van der Waals surface area contributed by atoms with E-state index in [4.69, 9.17) is 14.2 Å². The van der Waals surface area contributed by atoms with Crippen molar-refractivity contribution in [3.8, 4) is 16.9 Å². The maximum Gasteiger partial charge on any atom is 0.410 e. The van der Waals surface area contributed by atoms with Crippen molar-refractivity contribution in [1.82, 2.24) is 9.80 Å². The molecule has 2 aromatic rings. The molecule has 0 saturated carbocycles. The summed E-state index contributed by atoms with van der Waals surface area (Å²) >= 11 is 0. The highest BCUT2D eigenvalue weighted by Crippen LogP contribution is 2.49. The highest BCUT2D eigenvalue weighted by molar-refractivity contribution is 5.89. The molecule has 0 aliphatic carbocycles. The molecular formula is C28H33F2N3O5. The summed E-state index contributed by atoms with van der Waals surface area (Å²) in [6.07, 6.45) is -1.11. The Morgan fingerprint density at radius 2 is 1.61 bits per heavy atom. The van der Waals surface area contributed by atoms with Gasteiger partial charge in [-0.05, 0) is 49.2 Å². The third kappa shape index (κ3) is 5.27. The molecule has 1 spiro atoms. The minimum Gasteiger partial charge on any atom is -0.481 e. The number of morpholine rings is 1. The van der Waals surface area contributed by atoms with Crippen LogP contribution >= 0.6 is 0 Å². The van der Waals surface area contributed by atoms with Crippen molar-refractivity contribution in [3.63, 3.8) is 0 Å². The minimum atomic E-state index is -3.08. The van der Waals surface area contributed by atoms with Crippen molar-refractivity contribution in [3.05, 3.63) is 48.0 Å². The third-order valence-corrected chi connectivity index (χ3v) is 7.38. The smallest absolute Gasteiger partial charge is 0.410 e. The first kappa shape index (κ1) is 26.2. The topological polar surface area (TPSA) is 80.3 Å². The first-order valence-electron chi connectivity index (χ1n) is 13.1. The van der Waals surface area contributed by atoms with Gasteiger partial charge in [0, 0.05) is 56.7 Å². The SMILES string of the molecule is CC(C)OC(=O)N1CCC2(CC1)Oc1ccc(-c3ccc(NC(=O)N4CCOCC4)cc3)cc1CC2(F)F. The predicted molar refractivity (Wildman–Crippen MR) is 138 cm³/mol. The molecule has 3 amide bonds. The molecule has 2 fully saturated rings. The largest absolute Gasteiger partial charge is 0.481 e. The summed E-state index contributed by atoms with van der Waals surface area (Å²) in [6, 6.07) is 12.5. The molecule has 8 nitrogen and oxygen atoms in total. The van der Waals surface area contributed by atoms with Gasteiger partial charge in [0.2, 0.25) is 0 Å². The maximum absolute atomic E-state index is 15.5. The zero-order chi connectivity index (χ0) is 26.9. The number of carbonyl (C=O) groups is 2. The Hall–Kier alpha value is -3.40. The van der Waals surface area contributed by atoms with Crippen molar-refractivity contribution in [2.75, 3.05) is 44.7 Å². The number of anilines is 1. The number of carbonyl (C=O) groups excluding carboxylic acids is 2. The molecule has 5 rings (SSSR count). The summed E-state index contributed by atoms with van der Waals surface area (Å²) in [6.45, 7) is 5.98. The third-order valence-electron chi connectivity index (χ3n) is 7.38. The predicted octanol–water partition coefficient (Wildman–Crippen LogP) is 5.17. The molecule has 3 aliphatic heterocycles. The number of hydrogen-bond acceptors (Lipinski definition) is 5. The van der Waals surface area contributed by atoms with Crippen molar-refractivity contribution in [1.29, 1.82) is 0 Å². The molecule has 0 bridgehead atoms. The van der Waals surface area contributed by atoms with Crippen molar-refractivity contribution >= 4 is 17.8 Å². The second kappa shape index (κ2) is 10.4. The van der Waals surface area contributed by atoms with E-state index >= 15 is 8.78 Å². The summed E-state index contributed by atoms with van der Waals surface area (Å²) in [5.41, 5.74) is 1.10. The second-order valence-corrected chi connectivity index (χ2v) is 10.3. The summed E-state index contributed by atoms with van der Waals surface area (Å²) in [5.74, 6) is -2.63. The molecule has 0 aromatic heterocycles. The van der Waals surface area contributed by atoms with Gasteiger partial charge in [-0.3, -0.25) is 0 Å². The van der Waals surface area contributed by atoms with Crippen molar-refractivity contribution in [2.24, 2.45) is 0 Å². The molecule has 2 saturated heterocycles. The number of hydrogen-bond donors (Lipinski definition) is 1. The lowest BCUT2D eigenvalue weighted by atomic mass is 9.79. The number of amides is 3. The number of piperidine rings is 1. The van der Waals surface area contributed by atoms with E-state index in [0.717, 1.165) is 11.1 Å². The Morgan fingerprint density at radius 3 is 2.26 bits per heavy atom. The number of benzene rings is 2. The van der Waals surface area contributed by atoms with Crippen LogP contribution < -0.4 is 10.1 Å². The van der Waals surface area contributed by atoms with E-state index in [2.05, 4.69) is 5.32 Å². The highest BCUT2D eigenvalue weighted by atomic mass is 19.3. The number of rotatable bonds is 3. The van der Waals surface area contributed by atoms with Crippen molar-refractivity contribution < 1.29 is 32.6 Å². The van der Waals surface area contributed by atoms with Crippen LogP contribution in [0.3, 0.4) is 0 Å². The molecule has 1 N–H and O–H groups in total. The van der Waals surface area contributed by atoms with E-state index in [1.807, 2.05) is 18.2 Å². The van der Waals surface area contributed by atoms with Crippen LogP contribution in [0.1, 0.15) is 32.3 Å². The summed E-state index contributed by atoms with van der Waals surface area (Å²) in [5, 5.41) is 2.88. The fraction of sp³-hybridized carbons (Fsp3) is 0.500. The lowest BCUT2D eigenvalue weighted by molar-refractivity contribution is -0.193. The molecule has 204 valence electrons. The standard InChI is InChI=1S/C28H33F2N3O5/c1-19(2)37-26(35)33-11-9-27(10-12-33)28(29,30)18-22-17-21(5-8-24(22)38-27)20-3-6-23(7-4-20)31-25(34)32-13-15-36-16-14-32/h3-8,17,19H,9-16,18H2,1-2H3,(H,31,34).